The Morgan fingerprint density at radius 3 is 1.47 bits per heavy atom. The van der Waals surface area contributed by atoms with E-state index in [1.807, 2.05) is 12.1 Å². The molecule has 12 aromatic carbocycles. The first-order chi connectivity index (χ1) is 33.7. The van der Waals surface area contributed by atoms with Crippen LogP contribution in [0.2, 0.25) is 0 Å². The highest BCUT2D eigenvalue weighted by Crippen LogP contribution is 2.47. The molecule has 1 heterocycles. The molecule has 13 aromatic rings. The lowest BCUT2D eigenvalue weighted by Crippen LogP contribution is -2.10. The Balaban J connectivity index is 0.963. The first-order valence-corrected chi connectivity index (χ1v) is 23.3. The molecule has 0 aliphatic rings. The summed E-state index contributed by atoms with van der Waals surface area (Å²) in [6, 6.07) is 94.5. The predicted octanol–water partition coefficient (Wildman–Crippen LogP) is 18.9. The molecule has 1 aromatic heterocycles. The number of fused-ring (bicyclic) bond motifs is 7. The van der Waals surface area contributed by atoms with Gasteiger partial charge in [-0.1, -0.05) is 212 Å². The van der Waals surface area contributed by atoms with Crippen LogP contribution in [0, 0.1) is 0 Å². The van der Waals surface area contributed by atoms with E-state index in [4.69, 9.17) is 4.42 Å². The third kappa shape index (κ3) is 6.73. The van der Waals surface area contributed by atoms with Gasteiger partial charge in [0.1, 0.15) is 11.2 Å². The second kappa shape index (κ2) is 16.5. The highest BCUT2D eigenvalue weighted by molar-refractivity contribution is 6.22. The molecule has 68 heavy (non-hydrogen) atoms. The molecule has 13 rings (SSSR count). The standard InChI is InChI=1S/C66H43NO/c1-3-17-47(18-4-1)64-60-27-10-9-25-57(60)58-41-36-50(43-62(58)65(64)48-19-5-2-6-20-48)49-22-13-23-53(42-49)67(51-37-32-45(33-38-51)55-28-14-21-44-16-7-8-24-54(44)55)52-39-34-46(35-40-52)56-29-15-30-61-59-26-11-12-31-63(59)68-66(56)61/h1-43H. The first kappa shape index (κ1) is 39.4. The molecule has 2 heteroatoms. The van der Waals surface area contributed by atoms with Gasteiger partial charge in [-0.15, -0.1) is 0 Å². The average molecular weight is 866 g/mol. The molecular weight excluding hydrogens is 823 g/mol. The van der Waals surface area contributed by atoms with Crippen molar-refractivity contribution in [2.75, 3.05) is 4.90 Å². The average Bonchev–Trinajstić information content (AvgIpc) is 3.80. The molecule has 0 unspecified atom stereocenters. The fourth-order valence-electron chi connectivity index (χ4n) is 10.5. The van der Waals surface area contributed by atoms with Crippen molar-refractivity contribution in [3.63, 3.8) is 0 Å². The summed E-state index contributed by atoms with van der Waals surface area (Å²) in [4.78, 5) is 2.37. The number of rotatable bonds is 8. The van der Waals surface area contributed by atoms with Crippen molar-refractivity contribution < 1.29 is 4.42 Å². The van der Waals surface area contributed by atoms with Crippen molar-refractivity contribution in [2.24, 2.45) is 0 Å². The zero-order chi connectivity index (χ0) is 45.0. The van der Waals surface area contributed by atoms with Crippen molar-refractivity contribution in [3.05, 3.63) is 261 Å². The van der Waals surface area contributed by atoms with Crippen LogP contribution in [0.15, 0.2) is 265 Å². The second-order valence-corrected chi connectivity index (χ2v) is 17.6. The summed E-state index contributed by atoms with van der Waals surface area (Å²) in [5.41, 5.74) is 16.8. The van der Waals surface area contributed by atoms with Gasteiger partial charge in [-0.2, -0.15) is 0 Å². The molecule has 0 atom stereocenters. The van der Waals surface area contributed by atoms with E-state index in [2.05, 4.69) is 254 Å². The molecule has 0 saturated heterocycles. The lowest BCUT2D eigenvalue weighted by molar-refractivity contribution is 0.670. The van der Waals surface area contributed by atoms with Gasteiger partial charge in [-0.3, -0.25) is 0 Å². The Morgan fingerprint density at radius 1 is 0.250 bits per heavy atom. The Morgan fingerprint density at radius 2 is 0.735 bits per heavy atom. The minimum absolute atomic E-state index is 0.900. The topological polar surface area (TPSA) is 16.4 Å². The number of hydrogen-bond donors (Lipinski definition) is 0. The number of benzene rings is 12. The highest BCUT2D eigenvalue weighted by Gasteiger charge is 2.20. The van der Waals surface area contributed by atoms with Gasteiger partial charge < -0.3 is 9.32 Å². The summed E-state index contributed by atoms with van der Waals surface area (Å²) in [6.07, 6.45) is 0. The second-order valence-electron chi connectivity index (χ2n) is 17.6. The van der Waals surface area contributed by atoms with Crippen LogP contribution >= 0.6 is 0 Å². The lowest BCUT2D eigenvalue weighted by Gasteiger charge is -2.26. The van der Waals surface area contributed by atoms with Crippen molar-refractivity contribution in [1.82, 2.24) is 0 Å². The Labute approximate surface area is 395 Å². The van der Waals surface area contributed by atoms with E-state index in [-0.39, 0.29) is 0 Å². The van der Waals surface area contributed by atoms with Gasteiger partial charge >= 0.3 is 0 Å². The van der Waals surface area contributed by atoms with E-state index in [1.54, 1.807) is 0 Å². The molecule has 0 amide bonds. The van der Waals surface area contributed by atoms with Gasteiger partial charge in [0, 0.05) is 33.4 Å². The molecular formula is C66H43NO. The fourth-order valence-corrected chi connectivity index (χ4v) is 10.5. The molecule has 0 spiro atoms. The van der Waals surface area contributed by atoms with Crippen LogP contribution in [-0.2, 0) is 0 Å². The lowest BCUT2D eigenvalue weighted by atomic mass is 9.84. The monoisotopic (exact) mass is 865 g/mol. The van der Waals surface area contributed by atoms with Crippen molar-refractivity contribution in [3.8, 4) is 55.6 Å². The maximum atomic E-state index is 6.48. The van der Waals surface area contributed by atoms with Crippen LogP contribution in [0.25, 0.3) is 110 Å². The van der Waals surface area contributed by atoms with Crippen LogP contribution in [0.1, 0.15) is 0 Å². The predicted molar refractivity (Wildman–Crippen MR) is 288 cm³/mol. The quantitative estimate of drug-likeness (QED) is 0.142. The molecule has 0 bridgehead atoms. The summed E-state index contributed by atoms with van der Waals surface area (Å²) in [6.45, 7) is 0. The van der Waals surface area contributed by atoms with E-state index < -0.39 is 0 Å². The summed E-state index contributed by atoms with van der Waals surface area (Å²) >= 11 is 0. The largest absolute Gasteiger partial charge is 0.455 e. The Kier molecular flexibility index (Phi) is 9.54. The van der Waals surface area contributed by atoms with Crippen LogP contribution in [-0.4, -0.2) is 0 Å². The number of anilines is 3. The normalized spacial score (nSPS) is 11.5. The minimum atomic E-state index is 0.900. The zero-order valence-corrected chi connectivity index (χ0v) is 37.2. The summed E-state index contributed by atoms with van der Waals surface area (Å²) in [5.74, 6) is 0. The van der Waals surface area contributed by atoms with Gasteiger partial charge in [0.25, 0.3) is 0 Å². The van der Waals surface area contributed by atoms with E-state index in [0.29, 0.717) is 0 Å². The summed E-state index contributed by atoms with van der Waals surface area (Å²) in [7, 11) is 0. The minimum Gasteiger partial charge on any atom is -0.455 e. The fraction of sp³-hybridized carbons (Fsp3) is 0. The number of nitrogens with zero attached hydrogens (tertiary/aromatic N) is 1. The number of hydrogen-bond acceptors (Lipinski definition) is 2. The van der Waals surface area contributed by atoms with Gasteiger partial charge in [0.2, 0.25) is 0 Å². The maximum absolute atomic E-state index is 6.48. The molecule has 318 valence electrons. The number of para-hydroxylation sites is 2. The van der Waals surface area contributed by atoms with Crippen molar-refractivity contribution in [2.45, 2.75) is 0 Å². The summed E-state index contributed by atoms with van der Waals surface area (Å²) in [5, 5.41) is 9.71. The van der Waals surface area contributed by atoms with E-state index in [9.17, 15) is 0 Å². The molecule has 0 aliphatic carbocycles. The Bertz CT molecular complexity index is 3990. The number of furan rings is 1. The van der Waals surface area contributed by atoms with Crippen LogP contribution < -0.4 is 4.90 Å². The molecule has 0 aliphatic heterocycles. The van der Waals surface area contributed by atoms with Crippen LogP contribution in [0.4, 0.5) is 17.1 Å². The van der Waals surface area contributed by atoms with Gasteiger partial charge in [-0.05, 0) is 131 Å². The molecule has 0 saturated carbocycles. The third-order valence-electron chi connectivity index (χ3n) is 13.7. The van der Waals surface area contributed by atoms with E-state index >= 15 is 0 Å². The Hall–Kier alpha value is -8.98. The third-order valence-corrected chi connectivity index (χ3v) is 13.7. The SMILES string of the molecule is c1ccc(-c2c(-c3ccccc3)c3cc(-c4cccc(N(c5ccc(-c6cccc7ccccc67)cc5)c5ccc(-c6cccc7c6oc6ccccc67)cc5)c4)ccc3c3ccccc23)cc1. The van der Waals surface area contributed by atoms with Gasteiger partial charge in [-0.25, -0.2) is 0 Å². The summed E-state index contributed by atoms with van der Waals surface area (Å²) < 4.78 is 6.48. The van der Waals surface area contributed by atoms with E-state index in [1.165, 1.54) is 65.7 Å². The molecule has 2 nitrogen and oxygen atoms in total. The molecule has 0 radical (unpaired) electrons. The zero-order valence-electron chi connectivity index (χ0n) is 37.2. The van der Waals surface area contributed by atoms with Crippen molar-refractivity contribution in [1.29, 1.82) is 0 Å². The van der Waals surface area contributed by atoms with E-state index in [0.717, 1.165) is 61.3 Å². The molecule has 0 fully saturated rings. The maximum Gasteiger partial charge on any atom is 0.143 e. The smallest absolute Gasteiger partial charge is 0.143 e. The highest BCUT2D eigenvalue weighted by atomic mass is 16.3. The van der Waals surface area contributed by atoms with Crippen LogP contribution in [0.3, 0.4) is 0 Å². The van der Waals surface area contributed by atoms with Gasteiger partial charge in [0.05, 0.1) is 0 Å². The van der Waals surface area contributed by atoms with Gasteiger partial charge in [0.15, 0.2) is 0 Å². The molecule has 0 N–H and O–H groups in total. The van der Waals surface area contributed by atoms with Crippen LogP contribution in [0.5, 0.6) is 0 Å². The van der Waals surface area contributed by atoms with Crippen molar-refractivity contribution >= 4 is 71.3 Å². The first-order valence-electron chi connectivity index (χ1n) is 23.3.